The van der Waals surface area contributed by atoms with Gasteiger partial charge < -0.3 is 10.0 Å². The van der Waals surface area contributed by atoms with Gasteiger partial charge in [-0.15, -0.1) is 0 Å². The van der Waals surface area contributed by atoms with Gasteiger partial charge in [0.05, 0.1) is 5.69 Å². The molecular weight excluding hydrogens is 286 g/mol. The van der Waals surface area contributed by atoms with E-state index in [9.17, 15) is 9.90 Å². The SMILES string of the molecule is Cc1cc(C)nc(Sc2ccc3c(c2)N(C)C(=O)C3O)n1. The van der Waals surface area contributed by atoms with Gasteiger partial charge in [0.1, 0.15) is 0 Å². The van der Waals surface area contributed by atoms with Gasteiger partial charge in [-0.25, -0.2) is 9.97 Å². The van der Waals surface area contributed by atoms with Gasteiger partial charge in [-0.1, -0.05) is 6.07 Å². The number of aliphatic hydroxyl groups excluding tert-OH is 1. The van der Waals surface area contributed by atoms with Crippen LogP contribution in [0.4, 0.5) is 5.69 Å². The zero-order chi connectivity index (χ0) is 15.1. The Morgan fingerprint density at radius 2 is 1.86 bits per heavy atom. The highest BCUT2D eigenvalue weighted by atomic mass is 32.2. The molecule has 1 atom stereocenters. The van der Waals surface area contributed by atoms with Gasteiger partial charge in [-0.3, -0.25) is 4.79 Å². The molecule has 2 aromatic rings. The van der Waals surface area contributed by atoms with Crippen LogP contribution in [0.3, 0.4) is 0 Å². The average Bonchev–Trinajstić information content (AvgIpc) is 2.63. The molecule has 0 fully saturated rings. The summed E-state index contributed by atoms with van der Waals surface area (Å²) in [6, 6.07) is 7.47. The number of fused-ring (bicyclic) bond motifs is 1. The van der Waals surface area contributed by atoms with Crippen molar-refractivity contribution in [3.05, 3.63) is 41.2 Å². The summed E-state index contributed by atoms with van der Waals surface area (Å²) >= 11 is 1.44. The monoisotopic (exact) mass is 301 g/mol. The fourth-order valence-corrected chi connectivity index (χ4v) is 3.29. The zero-order valence-corrected chi connectivity index (χ0v) is 12.8. The van der Waals surface area contributed by atoms with Crippen molar-refractivity contribution in [2.24, 2.45) is 0 Å². The topological polar surface area (TPSA) is 66.3 Å². The number of hydrogen-bond donors (Lipinski definition) is 1. The number of likely N-dealkylation sites (N-methyl/N-ethyl adjacent to an activating group) is 1. The predicted octanol–water partition coefficient (Wildman–Crippen LogP) is 2.25. The van der Waals surface area contributed by atoms with Gasteiger partial charge in [-0.2, -0.15) is 0 Å². The lowest BCUT2D eigenvalue weighted by Crippen LogP contribution is -2.23. The Morgan fingerprint density at radius 3 is 2.52 bits per heavy atom. The van der Waals surface area contributed by atoms with Crippen molar-refractivity contribution < 1.29 is 9.90 Å². The molecule has 1 aromatic carbocycles. The van der Waals surface area contributed by atoms with Crippen LogP contribution in [0.5, 0.6) is 0 Å². The summed E-state index contributed by atoms with van der Waals surface area (Å²) in [7, 11) is 1.67. The Balaban J connectivity index is 1.93. The van der Waals surface area contributed by atoms with Gasteiger partial charge in [0.15, 0.2) is 11.3 Å². The van der Waals surface area contributed by atoms with Gasteiger partial charge in [0, 0.05) is 28.9 Å². The molecule has 0 saturated heterocycles. The summed E-state index contributed by atoms with van der Waals surface area (Å²) in [5.74, 6) is -0.296. The quantitative estimate of drug-likeness (QED) is 0.862. The lowest BCUT2D eigenvalue weighted by Gasteiger charge is -2.10. The van der Waals surface area contributed by atoms with E-state index in [1.54, 1.807) is 13.1 Å². The Morgan fingerprint density at radius 1 is 1.19 bits per heavy atom. The van der Waals surface area contributed by atoms with E-state index in [2.05, 4.69) is 9.97 Å². The van der Waals surface area contributed by atoms with Gasteiger partial charge in [-0.05, 0) is 43.8 Å². The molecule has 1 aromatic heterocycles. The van der Waals surface area contributed by atoms with Gasteiger partial charge in [0.25, 0.3) is 5.91 Å². The summed E-state index contributed by atoms with van der Waals surface area (Å²) < 4.78 is 0. The molecule has 6 heteroatoms. The van der Waals surface area contributed by atoms with E-state index in [0.29, 0.717) is 10.7 Å². The number of anilines is 1. The van der Waals surface area contributed by atoms with Crippen molar-refractivity contribution in [2.45, 2.75) is 30.0 Å². The van der Waals surface area contributed by atoms with Crippen LogP contribution in [-0.4, -0.2) is 28.0 Å². The van der Waals surface area contributed by atoms with Gasteiger partial charge in [0.2, 0.25) is 0 Å². The van der Waals surface area contributed by atoms with Crippen LogP contribution >= 0.6 is 11.8 Å². The molecule has 1 aliphatic heterocycles. The maximum atomic E-state index is 11.8. The minimum atomic E-state index is -1.05. The van der Waals surface area contributed by atoms with Crippen LogP contribution in [0, 0.1) is 13.8 Å². The van der Waals surface area contributed by atoms with Crippen LogP contribution in [0.1, 0.15) is 23.1 Å². The predicted molar refractivity (Wildman–Crippen MR) is 80.4 cm³/mol. The molecule has 21 heavy (non-hydrogen) atoms. The second kappa shape index (κ2) is 5.13. The third-order valence-corrected chi connectivity index (χ3v) is 4.25. The van der Waals surface area contributed by atoms with Crippen molar-refractivity contribution in [1.29, 1.82) is 0 Å². The smallest absolute Gasteiger partial charge is 0.260 e. The summed E-state index contributed by atoms with van der Waals surface area (Å²) in [5, 5.41) is 10.5. The lowest BCUT2D eigenvalue weighted by molar-refractivity contribution is -0.125. The number of carbonyl (C=O) groups excluding carboxylic acids is 1. The molecule has 108 valence electrons. The fraction of sp³-hybridized carbons (Fsp3) is 0.267. The molecule has 1 aliphatic rings. The molecule has 5 nitrogen and oxygen atoms in total. The highest BCUT2D eigenvalue weighted by Crippen LogP contribution is 2.38. The third-order valence-electron chi connectivity index (χ3n) is 3.39. The minimum absolute atomic E-state index is 0.296. The Hall–Kier alpha value is -1.92. The van der Waals surface area contributed by atoms with E-state index in [0.717, 1.165) is 22.0 Å². The molecule has 0 radical (unpaired) electrons. The zero-order valence-electron chi connectivity index (χ0n) is 12.0. The van der Waals surface area contributed by atoms with Crippen LogP contribution in [0.2, 0.25) is 0 Å². The van der Waals surface area contributed by atoms with Crippen molar-refractivity contribution in [2.75, 3.05) is 11.9 Å². The van der Waals surface area contributed by atoms with E-state index in [1.807, 2.05) is 32.0 Å². The molecule has 1 unspecified atom stereocenters. The maximum absolute atomic E-state index is 11.8. The van der Waals surface area contributed by atoms with Crippen LogP contribution in [-0.2, 0) is 4.79 Å². The number of aliphatic hydroxyl groups is 1. The van der Waals surface area contributed by atoms with E-state index < -0.39 is 6.10 Å². The second-order valence-electron chi connectivity index (χ2n) is 5.06. The standard InChI is InChI=1S/C15H15N3O2S/c1-8-6-9(2)17-15(16-8)21-10-4-5-11-12(7-10)18(3)14(20)13(11)19/h4-7,13,19H,1-3H3. The number of amides is 1. The Bertz CT molecular complexity index is 713. The first-order valence-electron chi connectivity index (χ1n) is 6.55. The largest absolute Gasteiger partial charge is 0.378 e. The molecule has 0 bridgehead atoms. The number of aromatic nitrogens is 2. The number of carbonyl (C=O) groups is 1. The number of benzene rings is 1. The third kappa shape index (κ3) is 2.52. The summed E-state index contributed by atoms with van der Waals surface area (Å²) in [6.07, 6.45) is -1.05. The molecule has 2 heterocycles. The number of nitrogens with zero attached hydrogens (tertiary/aromatic N) is 3. The molecule has 3 rings (SSSR count). The fourth-order valence-electron chi connectivity index (χ4n) is 2.39. The summed E-state index contributed by atoms with van der Waals surface area (Å²) in [4.78, 5) is 23.0. The Labute approximate surface area is 127 Å². The molecule has 0 saturated carbocycles. The van der Waals surface area contributed by atoms with E-state index in [-0.39, 0.29) is 5.91 Å². The first kappa shape index (κ1) is 14.0. The normalized spacial score (nSPS) is 17.2. The molecular formula is C15H15N3O2S. The van der Waals surface area contributed by atoms with E-state index in [4.69, 9.17) is 0 Å². The van der Waals surface area contributed by atoms with Gasteiger partial charge >= 0.3 is 0 Å². The highest BCUT2D eigenvalue weighted by molar-refractivity contribution is 7.99. The van der Waals surface area contributed by atoms with E-state index in [1.165, 1.54) is 16.7 Å². The van der Waals surface area contributed by atoms with Crippen LogP contribution in [0.25, 0.3) is 0 Å². The number of rotatable bonds is 2. The average molecular weight is 301 g/mol. The number of aryl methyl sites for hydroxylation is 2. The second-order valence-corrected chi connectivity index (χ2v) is 6.10. The molecule has 0 spiro atoms. The molecule has 1 N–H and O–H groups in total. The summed E-state index contributed by atoms with van der Waals surface area (Å²) in [5.41, 5.74) is 3.23. The van der Waals surface area contributed by atoms with Crippen molar-refractivity contribution >= 4 is 23.4 Å². The van der Waals surface area contributed by atoms with E-state index >= 15 is 0 Å². The lowest BCUT2D eigenvalue weighted by atomic mass is 10.1. The van der Waals surface area contributed by atoms with Crippen molar-refractivity contribution in [1.82, 2.24) is 9.97 Å². The molecule has 0 aliphatic carbocycles. The molecule has 1 amide bonds. The van der Waals surface area contributed by atoms with Crippen molar-refractivity contribution in [3.8, 4) is 0 Å². The minimum Gasteiger partial charge on any atom is -0.378 e. The Kier molecular flexibility index (Phi) is 3.43. The first-order valence-corrected chi connectivity index (χ1v) is 7.37. The maximum Gasteiger partial charge on any atom is 0.260 e. The first-order chi connectivity index (χ1) is 9.95. The summed E-state index contributed by atoms with van der Waals surface area (Å²) in [6.45, 7) is 3.87. The van der Waals surface area contributed by atoms with Crippen LogP contribution in [0.15, 0.2) is 34.3 Å². The number of hydrogen-bond acceptors (Lipinski definition) is 5. The van der Waals surface area contributed by atoms with Crippen LogP contribution < -0.4 is 4.90 Å². The van der Waals surface area contributed by atoms with Crippen molar-refractivity contribution in [3.63, 3.8) is 0 Å². The highest BCUT2D eigenvalue weighted by Gasteiger charge is 2.33.